The zero-order valence-electron chi connectivity index (χ0n) is 24.2. The van der Waals surface area contributed by atoms with Gasteiger partial charge in [-0.1, -0.05) is 6.92 Å². The number of likely N-dealkylation sites (tertiary alicyclic amines) is 1. The number of anilines is 1. The van der Waals surface area contributed by atoms with E-state index in [1.165, 1.54) is 11.0 Å². The Morgan fingerprint density at radius 3 is 2.67 bits per heavy atom. The van der Waals surface area contributed by atoms with Gasteiger partial charge in [0.1, 0.15) is 24.6 Å². The van der Waals surface area contributed by atoms with E-state index in [0.717, 1.165) is 37.3 Å². The number of piperidine rings is 1. The number of hydrogen-bond donors (Lipinski definition) is 1. The predicted molar refractivity (Wildman–Crippen MR) is 150 cm³/mol. The standard InChI is InChI=1S/C30H35F3N6O4/c1-19-4-3-5-38(13-19)14-20-8-22-23(24(9-20)30(31,32)33)15-39(28(22)41)25-10-21(11-27(35-25)43-7-6-40)29(16-42-17-29)12-26-36-34-18-37(26)2/h8-11,18-19,40H,3-7,12-17H2,1-2H3/t19-/m0/s1. The van der Waals surface area contributed by atoms with Crippen LogP contribution in [0.3, 0.4) is 0 Å². The SMILES string of the molecule is C[C@H]1CCCN(Cc2cc3c(c(C(F)(F)F)c2)CN(c2cc(C4(Cc5nncn5C)COC4)cc(OCCO)n2)C3=O)C1. The number of aryl methyl sites for hydroxylation is 1. The molecule has 1 atom stereocenters. The van der Waals surface area contributed by atoms with Gasteiger partial charge < -0.3 is 19.1 Å². The summed E-state index contributed by atoms with van der Waals surface area (Å²) in [4.78, 5) is 21.7. The normalized spacial score (nSPS) is 20.3. The zero-order chi connectivity index (χ0) is 30.4. The first-order valence-electron chi connectivity index (χ1n) is 14.5. The highest BCUT2D eigenvalue weighted by molar-refractivity contribution is 6.10. The molecule has 5 heterocycles. The Hall–Kier alpha value is -3.55. The fourth-order valence-electron chi connectivity index (χ4n) is 6.33. The Morgan fingerprint density at radius 1 is 1.21 bits per heavy atom. The second-order valence-electron chi connectivity index (χ2n) is 12.0. The van der Waals surface area contributed by atoms with Crippen molar-refractivity contribution in [1.82, 2.24) is 24.6 Å². The van der Waals surface area contributed by atoms with E-state index >= 15 is 0 Å². The van der Waals surface area contributed by atoms with Crippen LogP contribution >= 0.6 is 0 Å². The number of alkyl halides is 3. The lowest BCUT2D eigenvalue weighted by molar-refractivity contribution is -0.138. The molecule has 0 saturated carbocycles. The van der Waals surface area contributed by atoms with Gasteiger partial charge in [0.05, 0.1) is 31.9 Å². The van der Waals surface area contributed by atoms with Crippen molar-refractivity contribution in [3.05, 3.63) is 64.2 Å². The van der Waals surface area contributed by atoms with Gasteiger partial charge in [0.2, 0.25) is 5.88 Å². The molecule has 13 heteroatoms. The second kappa shape index (κ2) is 11.5. The number of carbonyl (C=O) groups excluding carboxylic acids is 1. The molecule has 0 aliphatic carbocycles. The summed E-state index contributed by atoms with van der Waals surface area (Å²) < 4.78 is 56.2. The Balaban J connectivity index is 1.36. The number of pyridine rings is 1. The van der Waals surface area contributed by atoms with Crippen molar-refractivity contribution in [2.45, 2.75) is 50.9 Å². The van der Waals surface area contributed by atoms with Gasteiger partial charge in [-0.3, -0.25) is 14.6 Å². The van der Waals surface area contributed by atoms with Crippen molar-refractivity contribution < 1.29 is 32.5 Å². The zero-order valence-corrected chi connectivity index (χ0v) is 24.2. The molecule has 3 aromatic rings. The number of rotatable bonds is 9. The summed E-state index contributed by atoms with van der Waals surface area (Å²) in [5.74, 6) is 0.996. The minimum Gasteiger partial charge on any atom is -0.475 e. The second-order valence-corrected chi connectivity index (χ2v) is 12.0. The molecule has 6 rings (SSSR count). The Kier molecular flexibility index (Phi) is 7.90. The number of hydrogen-bond acceptors (Lipinski definition) is 8. The topological polar surface area (TPSA) is 106 Å². The van der Waals surface area contributed by atoms with E-state index in [9.17, 15) is 23.1 Å². The molecular weight excluding hydrogens is 565 g/mol. The molecule has 3 aliphatic rings. The van der Waals surface area contributed by atoms with E-state index in [1.807, 2.05) is 11.6 Å². The van der Waals surface area contributed by atoms with Crippen LogP contribution in [0, 0.1) is 5.92 Å². The third-order valence-electron chi connectivity index (χ3n) is 8.63. The van der Waals surface area contributed by atoms with Crippen LogP contribution in [0.2, 0.25) is 0 Å². The van der Waals surface area contributed by atoms with Crippen LogP contribution in [0.5, 0.6) is 5.88 Å². The smallest absolute Gasteiger partial charge is 0.416 e. The maximum absolute atomic E-state index is 14.4. The first-order chi connectivity index (χ1) is 20.6. The highest BCUT2D eigenvalue weighted by Crippen LogP contribution is 2.42. The first-order valence-corrected chi connectivity index (χ1v) is 14.5. The largest absolute Gasteiger partial charge is 0.475 e. The summed E-state index contributed by atoms with van der Waals surface area (Å²) in [6, 6.07) is 6.24. The van der Waals surface area contributed by atoms with Crippen LogP contribution in [0.1, 0.15) is 58.2 Å². The van der Waals surface area contributed by atoms with Crippen molar-refractivity contribution in [1.29, 1.82) is 0 Å². The Bertz CT molecular complexity index is 1510. The van der Waals surface area contributed by atoms with E-state index in [4.69, 9.17) is 9.47 Å². The van der Waals surface area contributed by atoms with E-state index in [-0.39, 0.29) is 42.6 Å². The quantitative estimate of drug-likeness (QED) is 0.398. The summed E-state index contributed by atoms with van der Waals surface area (Å²) >= 11 is 0. The molecular formula is C30H35F3N6O4. The molecule has 230 valence electrons. The molecule has 0 bridgehead atoms. The average molecular weight is 601 g/mol. The predicted octanol–water partition coefficient (Wildman–Crippen LogP) is 3.50. The molecule has 1 N–H and O–H groups in total. The summed E-state index contributed by atoms with van der Waals surface area (Å²) in [6.07, 6.45) is -0.438. The maximum atomic E-state index is 14.4. The van der Waals surface area contributed by atoms with Gasteiger partial charge in [-0.2, -0.15) is 18.2 Å². The minimum atomic E-state index is -4.63. The van der Waals surface area contributed by atoms with Crippen molar-refractivity contribution in [2.75, 3.05) is 44.4 Å². The molecule has 10 nitrogen and oxygen atoms in total. The molecule has 0 spiro atoms. The van der Waals surface area contributed by atoms with Gasteiger partial charge in [-0.05, 0) is 60.2 Å². The van der Waals surface area contributed by atoms with Gasteiger partial charge in [0.15, 0.2) is 0 Å². The number of fused-ring (bicyclic) bond motifs is 1. The Labute approximate surface area is 247 Å². The molecule has 2 fully saturated rings. The highest BCUT2D eigenvalue weighted by atomic mass is 19.4. The third kappa shape index (κ3) is 5.85. The maximum Gasteiger partial charge on any atom is 0.416 e. The molecule has 0 unspecified atom stereocenters. The Morgan fingerprint density at radius 2 is 2.02 bits per heavy atom. The molecule has 3 aliphatic heterocycles. The number of carbonyl (C=O) groups is 1. The number of aliphatic hydroxyl groups excluding tert-OH is 1. The number of nitrogens with zero attached hydrogens (tertiary/aromatic N) is 6. The lowest BCUT2D eigenvalue weighted by atomic mass is 9.75. The highest BCUT2D eigenvalue weighted by Gasteiger charge is 2.44. The van der Waals surface area contributed by atoms with Crippen LogP contribution in [-0.4, -0.2) is 75.2 Å². The number of aliphatic hydroxyl groups is 1. The number of halogens is 3. The van der Waals surface area contributed by atoms with Crippen LogP contribution in [-0.2, 0) is 42.9 Å². The summed E-state index contributed by atoms with van der Waals surface area (Å²) in [5, 5.41) is 17.5. The van der Waals surface area contributed by atoms with Crippen LogP contribution in [0.15, 0.2) is 30.6 Å². The lowest BCUT2D eigenvalue weighted by Gasteiger charge is -2.42. The number of aromatic nitrogens is 4. The number of ether oxygens (including phenoxy) is 2. The van der Waals surface area contributed by atoms with Crippen molar-refractivity contribution in [2.24, 2.45) is 13.0 Å². The fraction of sp³-hybridized carbons (Fsp3) is 0.533. The van der Waals surface area contributed by atoms with E-state index in [0.29, 0.717) is 37.7 Å². The van der Waals surface area contributed by atoms with Crippen LogP contribution in [0.25, 0.3) is 0 Å². The van der Waals surface area contributed by atoms with E-state index in [1.54, 1.807) is 24.5 Å². The first kappa shape index (κ1) is 29.5. The number of amides is 1. The monoisotopic (exact) mass is 600 g/mol. The van der Waals surface area contributed by atoms with Gasteiger partial charge in [-0.25, -0.2) is 0 Å². The molecule has 0 radical (unpaired) electrons. The molecule has 1 amide bonds. The van der Waals surface area contributed by atoms with Gasteiger partial charge in [0.25, 0.3) is 5.91 Å². The molecule has 43 heavy (non-hydrogen) atoms. The summed E-state index contributed by atoms with van der Waals surface area (Å²) in [7, 11) is 1.84. The summed E-state index contributed by atoms with van der Waals surface area (Å²) in [6.45, 7) is 4.30. The van der Waals surface area contributed by atoms with Crippen molar-refractivity contribution >= 4 is 11.7 Å². The van der Waals surface area contributed by atoms with Crippen LogP contribution in [0.4, 0.5) is 19.0 Å². The molecule has 1 aromatic carbocycles. The summed E-state index contributed by atoms with van der Waals surface area (Å²) in [5.41, 5.74) is -0.112. The third-order valence-corrected chi connectivity index (χ3v) is 8.63. The van der Waals surface area contributed by atoms with E-state index < -0.39 is 23.1 Å². The van der Waals surface area contributed by atoms with E-state index in [2.05, 4.69) is 27.0 Å². The molecule has 2 saturated heterocycles. The van der Waals surface area contributed by atoms with Crippen molar-refractivity contribution in [3.8, 4) is 5.88 Å². The number of benzene rings is 1. The van der Waals surface area contributed by atoms with Crippen LogP contribution < -0.4 is 9.64 Å². The van der Waals surface area contributed by atoms with Gasteiger partial charge in [0, 0.05) is 43.6 Å². The van der Waals surface area contributed by atoms with Gasteiger partial charge >= 0.3 is 6.18 Å². The minimum absolute atomic E-state index is 0.0342. The molecule has 2 aromatic heterocycles. The average Bonchev–Trinajstić information content (AvgIpc) is 3.50. The van der Waals surface area contributed by atoms with Gasteiger partial charge in [-0.15, -0.1) is 10.2 Å². The lowest BCUT2D eigenvalue weighted by Crippen LogP contribution is -2.49. The van der Waals surface area contributed by atoms with Crippen molar-refractivity contribution in [3.63, 3.8) is 0 Å². The fourth-order valence-corrected chi connectivity index (χ4v) is 6.33.